The number of esters is 1. The number of allylic oxidation sites excluding steroid dienone is 11. The van der Waals surface area contributed by atoms with Gasteiger partial charge in [0.25, 0.3) is 5.91 Å². The van der Waals surface area contributed by atoms with Gasteiger partial charge in [-0.05, 0) is 87.4 Å². The van der Waals surface area contributed by atoms with Crippen LogP contribution in [0.2, 0.25) is 0 Å². The van der Waals surface area contributed by atoms with E-state index in [2.05, 4.69) is 77.2 Å². The fourth-order valence-electron chi connectivity index (χ4n) is 4.44. The monoisotopic (exact) mass is 721 g/mol. The lowest BCUT2D eigenvalue weighted by Crippen LogP contribution is -2.43. The average Bonchev–Trinajstić information content (AvgIpc) is 3.15. The topological polar surface area (TPSA) is 183 Å². The number of hydrogen-bond acceptors (Lipinski definition) is 9. The minimum absolute atomic E-state index is 0.0209. The number of nitrogens with one attached hydrogen (secondary N) is 1. The van der Waals surface area contributed by atoms with Gasteiger partial charge >= 0.3 is 5.97 Å². The molecule has 0 heterocycles. The first-order valence-electron chi connectivity index (χ1n) is 17.8. The Labute approximate surface area is 312 Å². The minimum Gasteiger partial charge on any atom is -0.426 e. The van der Waals surface area contributed by atoms with Crippen molar-refractivity contribution >= 4 is 40.8 Å². The Morgan fingerprint density at radius 2 is 1.23 bits per heavy atom. The maximum absolute atomic E-state index is 12.7. The molecule has 0 bridgehead atoms. The van der Waals surface area contributed by atoms with E-state index in [9.17, 15) is 24.0 Å². The van der Waals surface area contributed by atoms with E-state index in [4.69, 9.17) is 16.2 Å². The van der Waals surface area contributed by atoms with Crippen LogP contribution in [0.3, 0.4) is 0 Å². The molecule has 0 fully saturated rings. The molecule has 3 amide bonds. The molecule has 1 unspecified atom stereocenters. The van der Waals surface area contributed by atoms with Gasteiger partial charge in [-0.15, -0.1) is 0 Å². The summed E-state index contributed by atoms with van der Waals surface area (Å²) in [5.74, 6) is -2.56. The molecule has 2 aromatic carbocycles. The van der Waals surface area contributed by atoms with E-state index in [0.29, 0.717) is 17.8 Å². The first kappa shape index (κ1) is 43.4. The summed E-state index contributed by atoms with van der Waals surface area (Å²) in [5.41, 5.74) is 11.9. The van der Waals surface area contributed by atoms with Crippen molar-refractivity contribution < 1.29 is 28.7 Å². The number of benzene rings is 2. The fourth-order valence-corrected chi connectivity index (χ4v) is 4.44. The number of ketones is 1. The van der Waals surface area contributed by atoms with Crippen molar-refractivity contribution in [2.24, 2.45) is 21.7 Å². The van der Waals surface area contributed by atoms with Crippen molar-refractivity contribution in [2.45, 2.75) is 84.1 Å². The number of carbonyl (C=O) groups is 5. The minimum atomic E-state index is -1.05. The van der Waals surface area contributed by atoms with Crippen molar-refractivity contribution in [2.75, 3.05) is 0 Å². The standard InChI is InChI=1S/C42H51N5O6/c1-3-5-6-7-8-9-10-11-12-13-14-15-16-17-18-19-20-21-22-40(50)53-38-29-27-34(31-35(38)37(48)4-2)47-46-33-25-23-32(24-26-33)41(51)45-42(52)36(43)28-30-39(44)49/h5-6,8-9,11-12,14-15,17-18,20-21,23-27,29,31,36H,3-4,7,10,13,16,19,22,28,30,43H2,1-2H3,(H2,44,49)(H,45,51,52). The zero-order chi connectivity index (χ0) is 38.7. The van der Waals surface area contributed by atoms with E-state index in [1.54, 1.807) is 19.1 Å². The number of ether oxygens (including phenoxy) is 1. The van der Waals surface area contributed by atoms with Gasteiger partial charge < -0.3 is 16.2 Å². The molecule has 53 heavy (non-hydrogen) atoms. The first-order chi connectivity index (χ1) is 25.6. The van der Waals surface area contributed by atoms with Gasteiger partial charge in [-0.1, -0.05) is 86.8 Å². The van der Waals surface area contributed by atoms with Crippen LogP contribution in [0.15, 0.2) is 126 Å². The van der Waals surface area contributed by atoms with E-state index in [0.717, 1.165) is 32.1 Å². The quantitative estimate of drug-likeness (QED) is 0.0338. The number of Topliss-reactive ketones (excluding diaryl/α,β-unsaturated/α-hetero) is 1. The zero-order valence-electron chi connectivity index (χ0n) is 30.6. The number of azo groups is 1. The van der Waals surface area contributed by atoms with Gasteiger partial charge in [0, 0.05) is 18.4 Å². The molecule has 0 aromatic heterocycles. The Hall–Kier alpha value is -5.81. The summed E-state index contributed by atoms with van der Waals surface area (Å²) < 4.78 is 5.51. The zero-order valence-corrected chi connectivity index (χ0v) is 30.6. The smallest absolute Gasteiger partial charge is 0.315 e. The van der Waals surface area contributed by atoms with Gasteiger partial charge in [0.1, 0.15) is 5.75 Å². The third-order valence-corrected chi connectivity index (χ3v) is 7.38. The van der Waals surface area contributed by atoms with Crippen LogP contribution in [0.5, 0.6) is 5.75 Å². The van der Waals surface area contributed by atoms with Crippen molar-refractivity contribution in [1.82, 2.24) is 5.32 Å². The summed E-state index contributed by atoms with van der Waals surface area (Å²) in [4.78, 5) is 60.6. The Morgan fingerprint density at radius 3 is 1.75 bits per heavy atom. The molecule has 11 nitrogen and oxygen atoms in total. The number of amides is 3. The van der Waals surface area contributed by atoms with Gasteiger partial charge in [-0.25, -0.2) is 0 Å². The van der Waals surface area contributed by atoms with Gasteiger partial charge in [0.2, 0.25) is 11.8 Å². The molecule has 0 aliphatic rings. The van der Waals surface area contributed by atoms with Gasteiger partial charge in [0.05, 0.1) is 29.4 Å². The predicted octanol–water partition coefficient (Wildman–Crippen LogP) is 8.54. The summed E-state index contributed by atoms with van der Waals surface area (Å²) in [6.07, 6.45) is 30.7. The molecule has 0 aliphatic heterocycles. The van der Waals surface area contributed by atoms with Crippen LogP contribution < -0.4 is 21.5 Å². The molecule has 0 aliphatic carbocycles. The third-order valence-electron chi connectivity index (χ3n) is 7.38. The number of nitrogens with zero attached hydrogens (tertiary/aromatic N) is 2. The van der Waals surface area contributed by atoms with Crippen molar-refractivity contribution in [3.8, 4) is 5.75 Å². The highest BCUT2D eigenvalue weighted by Gasteiger charge is 2.18. The number of hydrogen-bond donors (Lipinski definition) is 3. The third kappa shape index (κ3) is 18.8. The fraction of sp³-hybridized carbons (Fsp3) is 0.310. The second kappa shape index (κ2) is 26.0. The highest BCUT2D eigenvalue weighted by Crippen LogP contribution is 2.28. The summed E-state index contributed by atoms with van der Waals surface area (Å²) in [7, 11) is 0. The Kier molecular flexibility index (Phi) is 21.3. The van der Waals surface area contributed by atoms with Gasteiger partial charge in [0.15, 0.2) is 5.78 Å². The van der Waals surface area contributed by atoms with Gasteiger partial charge in [-0.3, -0.25) is 29.3 Å². The van der Waals surface area contributed by atoms with Crippen LogP contribution in [0.25, 0.3) is 0 Å². The van der Waals surface area contributed by atoms with Crippen LogP contribution in [-0.4, -0.2) is 35.5 Å². The molecule has 280 valence electrons. The van der Waals surface area contributed by atoms with E-state index in [1.807, 2.05) is 12.2 Å². The van der Waals surface area contributed by atoms with Gasteiger partial charge in [-0.2, -0.15) is 10.2 Å². The van der Waals surface area contributed by atoms with Crippen LogP contribution in [0, 0.1) is 0 Å². The normalized spacial score (nSPS) is 12.7. The second-order valence-electron chi connectivity index (χ2n) is 11.7. The van der Waals surface area contributed by atoms with E-state index >= 15 is 0 Å². The molecule has 11 heteroatoms. The molecule has 2 aromatic rings. The number of nitrogens with two attached hydrogens (primary N) is 2. The van der Waals surface area contributed by atoms with Crippen LogP contribution in [0.4, 0.5) is 11.4 Å². The Bertz CT molecular complexity index is 1720. The highest BCUT2D eigenvalue weighted by molar-refractivity contribution is 6.06. The molecule has 0 saturated carbocycles. The molecule has 2 rings (SSSR count). The van der Waals surface area contributed by atoms with Crippen molar-refractivity contribution in [3.05, 3.63) is 127 Å². The number of primary amides is 1. The Morgan fingerprint density at radius 1 is 0.717 bits per heavy atom. The van der Waals surface area contributed by atoms with Crippen LogP contribution in [-0.2, 0) is 14.4 Å². The lowest BCUT2D eigenvalue weighted by Gasteiger charge is -2.10. The molecule has 5 N–H and O–H groups in total. The van der Waals surface area contributed by atoms with Crippen molar-refractivity contribution in [3.63, 3.8) is 0 Å². The number of rotatable bonds is 23. The average molecular weight is 722 g/mol. The number of imide groups is 1. The van der Waals surface area contributed by atoms with Crippen LogP contribution in [0.1, 0.15) is 98.8 Å². The largest absolute Gasteiger partial charge is 0.426 e. The molecule has 0 spiro atoms. The summed E-state index contributed by atoms with van der Waals surface area (Å²) in [5, 5.41) is 10.5. The van der Waals surface area contributed by atoms with E-state index in [-0.39, 0.29) is 48.3 Å². The van der Waals surface area contributed by atoms with E-state index in [1.165, 1.54) is 36.4 Å². The van der Waals surface area contributed by atoms with Crippen molar-refractivity contribution in [1.29, 1.82) is 0 Å². The second-order valence-corrected chi connectivity index (χ2v) is 11.7. The molecular weight excluding hydrogens is 670 g/mol. The first-order valence-corrected chi connectivity index (χ1v) is 17.8. The lowest BCUT2D eigenvalue weighted by atomic mass is 10.1. The summed E-state index contributed by atoms with van der Waals surface area (Å²) in [6.45, 7) is 3.84. The summed E-state index contributed by atoms with van der Waals surface area (Å²) in [6, 6.07) is 9.50. The highest BCUT2D eigenvalue weighted by atomic mass is 16.5. The maximum atomic E-state index is 12.7. The van der Waals surface area contributed by atoms with E-state index < -0.39 is 29.7 Å². The Balaban J connectivity index is 1.82. The lowest BCUT2D eigenvalue weighted by molar-refractivity contribution is -0.133. The molecule has 0 saturated heterocycles. The SMILES string of the molecule is CCC=CCC=CCC=CCC=CCC=CCC=CCC(=O)Oc1ccc(N=Nc2ccc(C(=O)NC(=O)C(N)CCC(N)=O)cc2)cc1C(=O)CC. The summed E-state index contributed by atoms with van der Waals surface area (Å²) >= 11 is 0. The molecule has 0 radical (unpaired) electrons. The molecular formula is C42H51N5O6. The molecule has 1 atom stereocenters. The maximum Gasteiger partial charge on any atom is 0.315 e. The predicted molar refractivity (Wildman–Crippen MR) is 209 cm³/mol. The van der Waals surface area contributed by atoms with Crippen LogP contribution >= 0.6 is 0 Å². The number of carbonyl (C=O) groups excluding carboxylic acids is 5.